The normalized spacial score (nSPS) is 21.2. The quantitative estimate of drug-likeness (QED) is 0.842. The average Bonchev–Trinajstić information content (AvgIpc) is 3.29. The molecule has 0 saturated heterocycles. The summed E-state index contributed by atoms with van der Waals surface area (Å²) in [6.07, 6.45) is 7.62. The van der Waals surface area contributed by atoms with Crippen LogP contribution in [-0.2, 0) is 6.54 Å². The topological polar surface area (TPSA) is 41.5 Å². The highest BCUT2D eigenvalue weighted by Gasteiger charge is 2.30. The van der Waals surface area contributed by atoms with Crippen molar-refractivity contribution in [1.29, 1.82) is 0 Å². The Morgan fingerprint density at radius 3 is 2.71 bits per heavy atom. The minimum atomic E-state index is -0.654. The highest BCUT2D eigenvalue weighted by molar-refractivity contribution is 6.30. The molecule has 0 radical (unpaired) electrons. The van der Waals surface area contributed by atoms with Crippen molar-refractivity contribution in [3.05, 3.63) is 28.8 Å². The molecule has 0 heterocycles. The van der Waals surface area contributed by atoms with Gasteiger partial charge in [-0.15, -0.1) is 0 Å². The number of nitrogens with one attached hydrogen (secondary N) is 1. The molecule has 2 aliphatic rings. The lowest BCUT2D eigenvalue weighted by molar-refractivity contribution is -0.0341. The van der Waals surface area contributed by atoms with Crippen molar-refractivity contribution in [2.24, 2.45) is 0 Å². The Balaban J connectivity index is 1.62. The first kappa shape index (κ1) is 15.1. The van der Waals surface area contributed by atoms with Gasteiger partial charge >= 0.3 is 0 Å². The second-order valence-electron chi connectivity index (χ2n) is 6.48. The SMILES string of the molecule is OC1(COc2ccc(Cl)cc2CNC2CC2)CCCCC1. The summed E-state index contributed by atoms with van der Waals surface area (Å²) in [6.45, 7) is 1.16. The van der Waals surface area contributed by atoms with E-state index < -0.39 is 5.60 Å². The third-order valence-electron chi connectivity index (χ3n) is 4.46. The van der Waals surface area contributed by atoms with Gasteiger partial charge in [0.2, 0.25) is 0 Å². The van der Waals surface area contributed by atoms with Crippen molar-refractivity contribution >= 4 is 11.6 Å². The first-order valence-corrected chi connectivity index (χ1v) is 8.39. The molecule has 0 unspecified atom stereocenters. The van der Waals surface area contributed by atoms with E-state index in [1.54, 1.807) is 0 Å². The summed E-state index contributed by atoms with van der Waals surface area (Å²) >= 11 is 6.09. The zero-order valence-electron chi connectivity index (χ0n) is 12.4. The van der Waals surface area contributed by atoms with E-state index in [-0.39, 0.29) is 0 Å². The summed E-state index contributed by atoms with van der Waals surface area (Å²) in [6, 6.07) is 6.37. The van der Waals surface area contributed by atoms with Crippen LogP contribution in [0.2, 0.25) is 5.02 Å². The number of hydrogen-bond donors (Lipinski definition) is 2. The van der Waals surface area contributed by atoms with Crippen LogP contribution in [-0.4, -0.2) is 23.4 Å². The summed E-state index contributed by atoms with van der Waals surface area (Å²) in [5.74, 6) is 0.839. The van der Waals surface area contributed by atoms with Crippen molar-refractivity contribution in [3.63, 3.8) is 0 Å². The molecule has 1 aromatic carbocycles. The van der Waals surface area contributed by atoms with Crippen LogP contribution in [0, 0.1) is 0 Å². The van der Waals surface area contributed by atoms with Gasteiger partial charge in [-0.25, -0.2) is 0 Å². The van der Waals surface area contributed by atoms with Crippen LogP contribution in [0.5, 0.6) is 5.75 Å². The van der Waals surface area contributed by atoms with Crippen LogP contribution in [0.15, 0.2) is 18.2 Å². The van der Waals surface area contributed by atoms with E-state index in [1.807, 2.05) is 18.2 Å². The smallest absolute Gasteiger partial charge is 0.124 e. The maximum Gasteiger partial charge on any atom is 0.124 e. The minimum absolute atomic E-state index is 0.380. The molecule has 0 amide bonds. The molecular weight excluding hydrogens is 286 g/mol. The molecule has 0 bridgehead atoms. The zero-order chi connectivity index (χ0) is 14.7. The Morgan fingerprint density at radius 2 is 2.00 bits per heavy atom. The first-order chi connectivity index (χ1) is 10.1. The van der Waals surface area contributed by atoms with Gasteiger partial charge in [-0.05, 0) is 43.9 Å². The van der Waals surface area contributed by atoms with Crippen LogP contribution in [0.4, 0.5) is 0 Å². The van der Waals surface area contributed by atoms with E-state index in [9.17, 15) is 5.11 Å². The van der Waals surface area contributed by atoms with Crippen molar-refractivity contribution in [1.82, 2.24) is 5.32 Å². The molecule has 0 spiro atoms. The summed E-state index contributed by atoms with van der Waals surface area (Å²) < 4.78 is 5.94. The Morgan fingerprint density at radius 1 is 1.24 bits per heavy atom. The molecule has 116 valence electrons. The standard InChI is InChI=1S/C17H24ClNO2/c18-14-4-7-16(13(10-14)11-19-15-5-6-15)21-12-17(20)8-2-1-3-9-17/h4,7,10,15,19-20H,1-3,5-6,8-9,11-12H2. The summed E-state index contributed by atoms with van der Waals surface area (Å²) in [7, 11) is 0. The number of hydrogen-bond acceptors (Lipinski definition) is 3. The zero-order valence-corrected chi connectivity index (χ0v) is 13.2. The van der Waals surface area contributed by atoms with E-state index in [1.165, 1.54) is 19.3 Å². The fraction of sp³-hybridized carbons (Fsp3) is 0.647. The Labute approximate surface area is 131 Å². The van der Waals surface area contributed by atoms with Crippen LogP contribution in [0.3, 0.4) is 0 Å². The molecule has 1 aromatic rings. The van der Waals surface area contributed by atoms with Gasteiger partial charge in [0, 0.05) is 23.2 Å². The number of benzene rings is 1. The predicted octanol–water partition coefficient (Wildman–Crippen LogP) is 3.67. The van der Waals surface area contributed by atoms with Crippen molar-refractivity contribution in [3.8, 4) is 5.75 Å². The van der Waals surface area contributed by atoms with Crippen LogP contribution in [0.1, 0.15) is 50.5 Å². The van der Waals surface area contributed by atoms with Gasteiger partial charge < -0.3 is 15.2 Å². The predicted molar refractivity (Wildman–Crippen MR) is 84.8 cm³/mol. The van der Waals surface area contributed by atoms with Gasteiger partial charge in [-0.3, -0.25) is 0 Å². The van der Waals surface area contributed by atoms with Gasteiger partial charge in [0.15, 0.2) is 0 Å². The molecule has 3 rings (SSSR count). The van der Waals surface area contributed by atoms with Gasteiger partial charge in [0.25, 0.3) is 0 Å². The van der Waals surface area contributed by atoms with Crippen molar-refractivity contribution in [2.45, 2.75) is 63.1 Å². The molecule has 21 heavy (non-hydrogen) atoms. The van der Waals surface area contributed by atoms with Crippen LogP contribution >= 0.6 is 11.6 Å². The minimum Gasteiger partial charge on any atom is -0.490 e. The molecule has 0 aliphatic heterocycles. The molecule has 0 atom stereocenters. The molecule has 2 saturated carbocycles. The third-order valence-corrected chi connectivity index (χ3v) is 4.70. The molecule has 3 nitrogen and oxygen atoms in total. The molecular formula is C17H24ClNO2. The van der Waals surface area contributed by atoms with Crippen LogP contribution in [0.25, 0.3) is 0 Å². The molecule has 2 N–H and O–H groups in total. The number of halogens is 1. The maximum absolute atomic E-state index is 10.5. The number of ether oxygens (including phenoxy) is 1. The molecule has 2 fully saturated rings. The van der Waals surface area contributed by atoms with Crippen molar-refractivity contribution < 1.29 is 9.84 Å². The fourth-order valence-electron chi connectivity index (χ4n) is 2.94. The van der Waals surface area contributed by atoms with E-state index in [0.29, 0.717) is 12.6 Å². The van der Waals surface area contributed by atoms with Gasteiger partial charge in [-0.2, -0.15) is 0 Å². The van der Waals surface area contributed by atoms with E-state index >= 15 is 0 Å². The largest absolute Gasteiger partial charge is 0.490 e. The second kappa shape index (κ2) is 6.55. The lowest BCUT2D eigenvalue weighted by Crippen LogP contribution is -2.38. The van der Waals surface area contributed by atoms with Crippen LogP contribution < -0.4 is 10.1 Å². The lowest BCUT2D eigenvalue weighted by Gasteiger charge is -2.32. The van der Waals surface area contributed by atoms with Gasteiger partial charge in [-0.1, -0.05) is 30.9 Å². The molecule has 4 heteroatoms. The Bertz CT molecular complexity index is 482. The fourth-order valence-corrected chi connectivity index (χ4v) is 3.13. The summed E-state index contributed by atoms with van der Waals surface area (Å²) in [5, 5.41) is 14.8. The number of aliphatic hydroxyl groups is 1. The second-order valence-corrected chi connectivity index (χ2v) is 6.92. The highest BCUT2D eigenvalue weighted by atomic mass is 35.5. The Kier molecular flexibility index (Phi) is 4.72. The Hall–Kier alpha value is -0.770. The highest BCUT2D eigenvalue weighted by Crippen LogP contribution is 2.30. The van der Waals surface area contributed by atoms with Gasteiger partial charge in [0.1, 0.15) is 12.4 Å². The monoisotopic (exact) mass is 309 g/mol. The molecule has 0 aromatic heterocycles. The first-order valence-electron chi connectivity index (χ1n) is 8.02. The van der Waals surface area contributed by atoms with Gasteiger partial charge in [0.05, 0.1) is 5.60 Å². The number of rotatable bonds is 6. The van der Waals surface area contributed by atoms with Crippen molar-refractivity contribution in [2.75, 3.05) is 6.61 Å². The average molecular weight is 310 g/mol. The molecule has 2 aliphatic carbocycles. The summed E-state index contributed by atoms with van der Waals surface area (Å²) in [5.41, 5.74) is 0.424. The summed E-state index contributed by atoms with van der Waals surface area (Å²) in [4.78, 5) is 0. The van der Waals surface area contributed by atoms with E-state index in [0.717, 1.165) is 48.6 Å². The third kappa shape index (κ3) is 4.35. The maximum atomic E-state index is 10.5. The van der Waals surface area contributed by atoms with E-state index in [4.69, 9.17) is 16.3 Å². The van der Waals surface area contributed by atoms with E-state index in [2.05, 4.69) is 5.32 Å². The lowest BCUT2D eigenvalue weighted by atomic mass is 9.85.